The molecule has 2 N–H and O–H groups in total. The SMILES string of the molecule is Cc1ccc(F)c2c1NC(C(=O)Nc1cccc(C34CC5CC3C(CN(C)C5=O)C4)c1)C2. The van der Waals surface area contributed by atoms with Crippen LogP contribution in [0.15, 0.2) is 36.4 Å². The number of fused-ring (bicyclic) bond motifs is 2. The second-order valence-corrected chi connectivity index (χ2v) is 10.3. The van der Waals surface area contributed by atoms with Gasteiger partial charge >= 0.3 is 0 Å². The molecule has 0 spiro atoms. The lowest BCUT2D eigenvalue weighted by atomic mass is 9.52. The number of carbonyl (C=O) groups is 2. The van der Waals surface area contributed by atoms with Crippen LogP contribution in [0.5, 0.6) is 0 Å². The Bertz CT molecular complexity index is 1120. The van der Waals surface area contributed by atoms with E-state index in [0.717, 1.165) is 42.7 Å². The number of nitrogens with zero attached hydrogens (tertiary/aromatic N) is 1. The van der Waals surface area contributed by atoms with E-state index in [2.05, 4.69) is 22.8 Å². The molecule has 0 aromatic heterocycles. The van der Waals surface area contributed by atoms with Gasteiger partial charge in [0, 0.05) is 42.9 Å². The van der Waals surface area contributed by atoms with Gasteiger partial charge < -0.3 is 15.5 Å². The van der Waals surface area contributed by atoms with Crippen molar-refractivity contribution in [3.8, 4) is 0 Å². The smallest absolute Gasteiger partial charge is 0.247 e. The van der Waals surface area contributed by atoms with Crippen molar-refractivity contribution in [2.24, 2.45) is 17.8 Å². The molecule has 2 aliphatic carbocycles. The van der Waals surface area contributed by atoms with Gasteiger partial charge in [-0.3, -0.25) is 9.59 Å². The van der Waals surface area contributed by atoms with Gasteiger partial charge in [-0.1, -0.05) is 18.2 Å². The molecule has 6 heteroatoms. The molecule has 2 aromatic rings. The van der Waals surface area contributed by atoms with Crippen LogP contribution in [0.3, 0.4) is 0 Å². The van der Waals surface area contributed by atoms with Gasteiger partial charge in [0.15, 0.2) is 0 Å². The van der Waals surface area contributed by atoms with Crippen LogP contribution in [0, 0.1) is 30.5 Å². The van der Waals surface area contributed by atoms with Crippen molar-refractivity contribution in [3.05, 3.63) is 58.9 Å². The maximum absolute atomic E-state index is 14.2. The topological polar surface area (TPSA) is 61.4 Å². The van der Waals surface area contributed by atoms with E-state index >= 15 is 0 Å². The normalized spacial score (nSPS) is 32.1. The molecule has 2 heterocycles. The number of carbonyl (C=O) groups excluding carboxylic acids is 2. The molecule has 6 rings (SSSR count). The van der Waals surface area contributed by atoms with Gasteiger partial charge in [0.25, 0.3) is 0 Å². The number of aryl methyl sites for hydroxylation is 1. The molecule has 3 fully saturated rings. The maximum Gasteiger partial charge on any atom is 0.247 e. The first-order valence-corrected chi connectivity index (χ1v) is 11.6. The molecule has 32 heavy (non-hydrogen) atoms. The van der Waals surface area contributed by atoms with Gasteiger partial charge in [-0.2, -0.15) is 0 Å². The third kappa shape index (κ3) is 2.74. The average molecular weight is 434 g/mol. The molecule has 2 aromatic carbocycles. The number of anilines is 2. The van der Waals surface area contributed by atoms with E-state index in [9.17, 15) is 14.0 Å². The zero-order valence-electron chi connectivity index (χ0n) is 18.5. The molecule has 166 valence electrons. The van der Waals surface area contributed by atoms with Crippen molar-refractivity contribution in [1.82, 2.24) is 4.90 Å². The number of halogens is 1. The van der Waals surface area contributed by atoms with E-state index < -0.39 is 6.04 Å². The predicted molar refractivity (Wildman–Crippen MR) is 121 cm³/mol. The van der Waals surface area contributed by atoms with Crippen LogP contribution in [-0.2, 0) is 21.4 Å². The minimum absolute atomic E-state index is 0.0646. The molecule has 2 aliphatic heterocycles. The van der Waals surface area contributed by atoms with E-state index in [-0.39, 0.29) is 29.0 Å². The number of hydrogen-bond donors (Lipinski definition) is 2. The summed E-state index contributed by atoms with van der Waals surface area (Å²) in [6, 6.07) is 10.9. The van der Waals surface area contributed by atoms with Gasteiger partial charge in [-0.05, 0) is 72.8 Å². The second kappa shape index (κ2) is 6.80. The van der Waals surface area contributed by atoms with Crippen LogP contribution >= 0.6 is 0 Å². The zero-order valence-corrected chi connectivity index (χ0v) is 18.5. The van der Waals surface area contributed by atoms with Crippen LogP contribution in [0.2, 0.25) is 0 Å². The highest BCUT2D eigenvalue weighted by atomic mass is 19.1. The molecule has 1 saturated heterocycles. The van der Waals surface area contributed by atoms with E-state index in [0.29, 0.717) is 23.8 Å². The van der Waals surface area contributed by atoms with Gasteiger partial charge in [0.1, 0.15) is 11.9 Å². The molecule has 0 radical (unpaired) electrons. The second-order valence-electron chi connectivity index (χ2n) is 10.3. The van der Waals surface area contributed by atoms with E-state index in [1.165, 1.54) is 11.6 Å². The Kier molecular flexibility index (Phi) is 4.20. The maximum atomic E-state index is 14.2. The van der Waals surface area contributed by atoms with Gasteiger partial charge in [0.2, 0.25) is 11.8 Å². The van der Waals surface area contributed by atoms with Crippen LogP contribution in [0.4, 0.5) is 15.8 Å². The number of amides is 2. The molecule has 5 atom stereocenters. The Hall–Kier alpha value is -2.89. The summed E-state index contributed by atoms with van der Waals surface area (Å²) in [5, 5.41) is 6.25. The van der Waals surface area contributed by atoms with Crippen molar-refractivity contribution in [3.63, 3.8) is 0 Å². The molecular weight excluding hydrogens is 405 g/mol. The fourth-order valence-electron chi connectivity index (χ4n) is 6.98. The molecular formula is C26H28FN3O2. The van der Waals surface area contributed by atoms with Crippen LogP contribution in [0.1, 0.15) is 36.0 Å². The molecule has 2 amide bonds. The fourth-order valence-corrected chi connectivity index (χ4v) is 6.98. The Morgan fingerprint density at radius 1 is 1.25 bits per heavy atom. The van der Waals surface area contributed by atoms with Crippen molar-refractivity contribution >= 4 is 23.2 Å². The highest BCUT2D eigenvalue weighted by Gasteiger charge is 2.62. The zero-order chi connectivity index (χ0) is 22.2. The van der Waals surface area contributed by atoms with Gasteiger partial charge in [0.05, 0.1) is 0 Å². The molecule has 2 bridgehead atoms. The number of nitrogens with one attached hydrogen (secondary N) is 2. The summed E-state index contributed by atoms with van der Waals surface area (Å²) >= 11 is 0. The standard InChI is InChI=1S/C26H28FN3O2/c1-14-6-7-21(27)19-10-22(29-23(14)19)24(31)28-18-5-3-4-17(9-18)26-11-15-8-20(26)16(12-26)13-30(2)25(15)32/h3-7,9,15-16,20,22,29H,8,10-13H2,1-2H3,(H,28,31). The molecule has 2 saturated carbocycles. The first kappa shape index (κ1) is 19.8. The summed E-state index contributed by atoms with van der Waals surface area (Å²) in [5.74, 6) is 1.11. The Morgan fingerprint density at radius 2 is 2.09 bits per heavy atom. The number of hydrogen-bond acceptors (Lipinski definition) is 3. The summed E-state index contributed by atoms with van der Waals surface area (Å²) in [6.07, 6.45) is 3.35. The third-order valence-electron chi connectivity index (χ3n) is 8.50. The molecule has 4 aliphatic rings. The first-order valence-electron chi connectivity index (χ1n) is 11.6. The minimum atomic E-state index is -0.488. The number of benzene rings is 2. The van der Waals surface area contributed by atoms with Gasteiger partial charge in [-0.25, -0.2) is 4.39 Å². The monoisotopic (exact) mass is 433 g/mol. The van der Waals surface area contributed by atoms with E-state index in [1.54, 1.807) is 6.07 Å². The highest BCUT2D eigenvalue weighted by molar-refractivity contribution is 5.98. The van der Waals surface area contributed by atoms with Crippen LogP contribution < -0.4 is 10.6 Å². The Labute approximate surface area is 187 Å². The van der Waals surface area contributed by atoms with Crippen molar-refractivity contribution in [2.45, 2.75) is 44.1 Å². The molecule has 5 unspecified atom stereocenters. The minimum Gasteiger partial charge on any atom is -0.373 e. The molecule has 5 nitrogen and oxygen atoms in total. The summed E-state index contributed by atoms with van der Waals surface area (Å²) in [6.45, 7) is 2.78. The van der Waals surface area contributed by atoms with Crippen molar-refractivity contribution in [1.29, 1.82) is 0 Å². The number of rotatable bonds is 3. The summed E-state index contributed by atoms with van der Waals surface area (Å²) in [5.41, 5.74) is 4.34. The average Bonchev–Trinajstić information content (AvgIpc) is 3.33. The van der Waals surface area contributed by atoms with E-state index in [4.69, 9.17) is 0 Å². The lowest BCUT2D eigenvalue weighted by Crippen LogP contribution is -2.53. The van der Waals surface area contributed by atoms with Crippen LogP contribution in [0.25, 0.3) is 0 Å². The quantitative estimate of drug-likeness (QED) is 0.773. The lowest BCUT2D eigenvalue weighted by Gasteiger charge is -2.53. The summed E-state index contributed by atoms with van der Waals surface area (Å²) < 4.78 is 14.2. The number of likely N-dealkylation sites (tertiary alicyclic amines) is 1. The van der Waals surface area contributed by atoms with E-state index in [1.807, 2.05) is 31.0 Å². The Balaban J connectivity index is 1.21. The van der Waals surface area contributed by atoms with Crippen molar-refractivity contribution in [2.75, 3.05) is 24.2 Å². The van der Waals surface area contributed by atoms with Crippen molar-refractivity contribution < 1.29 is 14.0 Å². The predicted octanol–water partition coefficient (Wildman–Crippen LogP) is 3.87. The largest absolute Gasteiger partial charge is 0.373 e. The fraction of sp³-hybridized carbons (Fsp3) is 0.462. The highest BCUT2D eigenvalue weighted by Crippen LogP contribution is 2.65. The van der Waals surface area contributed by atoms with Crippen LogP contribution in [-0.4, -0.2) is 36.3 Å². The lowest BCUT2D eigenvalue weighted by molar-refractivity contribution is -0.135. The summed E-state index contributed by atoms with van der Waals surface area (Å²) in [4.78, 5) is 27.6. The summed E-state index contributed by atoms with van der Waals surface area (Å²) in [7, 11) is 1.93. The first-order chi connectivity index (χ1) is 15.4. The Morgan fingerprint density at radius 3 is 2.91 bits per heavy atom. The third-order valence-corrected chi connectivity index (χ3v) is 8.50. The van der Waals surface area contributed by atoms with Gasteiger partial charge in [-0.15, -0.1) is 0 Å².